The van der Waals surface area contributed by atoms with Gasteiger partial charge >= 0.3 is 6.18 Å². The molecule has 36 heavy (non-hydrogen) atoms. The SMILES string of the molecule is CN=C(CC=N)c1nnc(N2CCC(N(C)Cc3ccc(F)cc3C(F)(F)F)CC2)c2c1NCCC2. The summed E-state index contributed by atoms with van der Waals surface area (Å²) in [4.78, 5) is 8.42. The van der Waals surface area contributed by atoms with Crippen molar-refractivity contribution in [3.63, 3.8) is 0 Å². The van der Waals surface area contributed by atoms with E-state index in [0.717, 1.165) is 55.4 Å². The van der Waals surface area contributed by atoms with Gasteiger partial charge in [-0.05, 0) is 50.4 Å². The molecule has 7 nitrogen and oxygen atoms in total. The van der Waals surface area contributed by atoms with Gasteiger partial charge in [-0.25, -0.2) is 4.39 Å². The average Bonchev–Trinajstić information content (AvgIpc) is 2.87. The highest BCUT2D eigenvalue weighted by molar-refractivity contribution is 6.09. The van der Waals surface area contributed by atoms with E-state index in [1.54, 1.807) is 7.05 Å². The fraction of sp³-hybridized carbons (Fsp3) is 0.520. The number of benzene rings is 1. The van der Waals surface area contributed by atoms with Crippen LogP contribution in [-0.2, 0) is 19.1 Å². The van der Waals surface area contributed by atoms with Crippen molar-refractivity contribution in [2.45, 2.75) is 50.9 Å². The van der Waals surface area contributed by atoms with Crippen LogP contribution in [0.15, 0.2) is 23.2 Å². The van der Waals surface area contributed by atoms with Crippen LogP contribution >= 0.6 is 0 Å². The lowest BCUT2D eigenvalue weighted by Crippen LogP contribution is -2.44. The quantitative estimate of drug-likeness (QED) is 0.426. The predicted molar refractivity (Wildman–Crippen MR) is 133 cm³/mol. The molecule has 0 unspecified atom stereocenters. The minimum absolute atomic E-state index is 0.0775. The summed E-state index contributed by atoms with van der Waals surface area (Å²) in [6.45, 7) is 2.35. The van der Waals surface area contributed by atoms with E-state index < -0.39 is 17.6 Å². The van der Waals surface area contributed by atoms with Crippen molar-refractivity contribution >= 4 is 23.4 Å². The summed E-state index contributed by atoms with van der Waals surface area (Å²) in [6, 6.07) is 2.98. The molecule has 0 saturated carbocycles. The van der Waals surface area contributed by atoms with Gasteiger partial charge < -0.3 is 15.6 Å². The monoisotopic (exact) mass is 505 g/mol. The highest BCUT2D eigenvalue weighted by atomic mass is 19.4. The standard InChI is InChI=1S/C25H31F4N7/c1-31-21(7-10-30)23-22-19(4-3-11-32-22)24(34-33-23)36-12-8-18(9-13-36)35(2)15-16-5-6-17(26)14-20(16)25(27,28)29/h5-6,10,14,18,30,32H,3-4,7-9,11-13,15H2,1-2H3. The topological polar surface area (TPSA) is 80.5 Å². The van der Waals surface area contributed by atoms with E-state index in [-0.39, 0.29) is 18.2 Å². The van der Waals surface area contributed by atoms with Crippen molar-refractivity contribution in [2.75, 3.05) is 43.9 Å². The molecule has 1 fully saturated rings. The van der Waals surface area contributed by atoms with E-state index in [4.69, 9.17) is 5.41 Å². The Morgan fingerprint density at radius 2 is 2.03 bits per heavy atom. The number of nitrogens with one attached hydrogen (secondary N) is 2. The molecule has 11 heteroatoms. The van der Waals surface area contributed by atoms with Gasteiger partial charge in [0.2, 0.25) is 0 Å². The molecule has 1 aromatic heterocycles. The van der Waals surface area contributed by atoms with E-state index >= 15 is 0 Å². The Bertz CT molecular complexity index is 1120. The Hall–Kier alpha value is -3.08. The maximum absolute atomic E-state index is 13.5. The lowest BCUT2D eigenvalue weighted by Gasteiger charge is -2.38. The molecule has 4 rings (SSSR count). The van der Waals surface area contributed by atoms with E-state index in [2.05, 4.69) is 25.4 Å². The van der Waals surface area contributed by atoms with Crippen molar-refractivity contribution in [3.05, 3.63) is 46.4 Å². The van der Waals surface area contributed by atoms with Crippen LogP contribution in [0.3, 0.4) is 0 Å². The second-order valence-electron chi connectivity index (χ2n) is 9.27. The number of rotatable bonds is 7. The van der Waals surface area contributed by atoms with Crippen molar-refractivity contribution in [1.29, 1.82) is 5.41 Å². The van der Waals surface area contributed by atoms with Crippen LogP contribution in [0.25, 0.3) is 0 Å². The molecule has 3 heterocycles. The first kappa shape index (κ1) is 26.0. The molecule has 2 aliphatic heterocycles. The number of fused-ring (bicyclic) bond motifs is 1. The Morgan fingerprint density at radius 3 is 2.69 bits per heavy atom. The van der Waals surface area contributed by atoms with Gasteiger partial charge in [0.1, 0.15) is 11.5 Å². The molecule has 0 amide bonds. The van der Waals surface area contributed by atoms with E-state index in [1.807, 2.05) is 11.9 Å². The Kier molecular flexibility index (Phi) is 7.87. The Morgan fingerprint density at radius 1 is 1.28 bits per heavy atom. The number of nitrogens with zero attached hydrogens (tertiary/aromatic N) is 5. The zero-order valence-corrected chi connectivity index (χ0v) is 20.5. The van der Waals surface area contributed by atoms with Crippen LogP contribution in [-0.4, -0.2) is 66.8 Å². The molecule has 0 atom stereocenters. The third kappa shape index (κ3) is 5.50. The number of alkyl halides is 3. The third-order valence-corrected chi connectivity index (χ3v) is 6.98. The molecule has 0 spiro atoms. The molecule has 194 valence electrons. The molecular formula is C25H31F4N7. The molecule has 2 N–H and O–H groups in total. The number of halogens is 4. The zero-order chi connectivity index (χ0) is 25.9. The lowest BCUT2D eigenvalue weighted by molar-refractivity contribution is -0.138. The first-order valence-corrected chi connectivity index (χ1v) is 12.1. The van der Waals surface area contributed by atoms with Crippen LogP contribution in [0, 0.1) is 11.2 Å². The van der Waals surface area contributed by atoms with Crippen molar-refractivity contribution in [1.82, 2.24) is 15.1 Å². The fourth-order valence-electron chi connectivity index (χ4n) is 5.08. The van der Waals surface area contributed by atoms with Crippen LogP contribution in [0.4, 0.5) is 29.1 Å². The summed E-state index contributed by atoms with van der Waals surface area (Å²) in [7, 11) is 3.51. The largest absolute Gasteiger partial charge is 0.416 e. The second kappa shape index (κ2) is 10.9. The van der Waals surface area contributed by atoms with E-state index in [0.29, 0.717) is 37.0 Å². The number of hydrogen-bond acceptors (Lipinski definition) is 7. The van der Waals surface area contributed by atoms with Gasteiger partial charge in [0.25, 0.3) is 0 Å². The van der Waals surface area contributed by atoms with Gasteiger partial charge in [-0.2, -0.15) is 13.2 Å². The fourth-order valence-corrected chi connectivity index (χ4v) is 5.08. The third-order valence-electron chi connectivity index (χ3n) is 6.98. The molecule has 1 saturated heterocycles. The normalized spacial score (nSPS) is 17.2. The number of aliphatic imine (C=N–C) groups is 1. The van der Waals surface area contributed by atoms with Gasteiger partial charge in [-0.3, -0.25) is 9.89 Å². The van der Waals surface area contributed by atoms with Gasteiger partial charge in [0.15, 0.2) is 5.82 Å². The molecule has 0 radical (unpaired) electrons. The molecule has 2 aromatic rings. The first-order valence-electron chi connectivity index (χ1n) is 12.1. The lowest BCUT2D eigenvalue weighted by atomic mass is 9.98. The minimum Gasteiger partial charge on any atom is -0.383 e. The van der Waals surface area contributed by atoms with Gasteiger partial charge in [0.05, 0.1) is 17.0 Å². The molecular weight excluding hydrogens is 474 g/mol. The Labute approximate surface area is 208 Å². The minimum atomic E-state index is -4.60. The van der Waals surface area contributed by atoms with E-state index in [9.17, 15) is 17.6 Å². The van der Waals surface area contributed by atoms with Crippen molar-refractivity contribution in [2.24, 2.45) is 4.99 Å². The number of anilines is 2. The summed E-state index contributed by atoms with van der Waals surface area (Å²) in [5, 5.41) is 19.9. The summed E-state index contributed by atoms with van der Waals surface area (Å²) in [5.74, 6) is -0.0487. The number of hydrogen-bond donors (Lipinski definition) is 2. The summed E-state index contributed by atoms with van der Waals surface area (Å²) in [6.07, 6.45) is 0.471. The predicted octanol–water partition coefficient (Wildman–Crippen LogP) is 4.55. The molecule has 0 bridgehead atoms. The first-order chi connectivity index (χ1) is 17.2. The second-order valence-corrected chi connectivity index (χ2v) is 9.27. The molecule has 1 aromatic carbocycles. The zero-order valence-electron chi connectivity index (χ0n) is 20.5. The molecule has 0 aliphatic carbocycles. The van der Waals surface area contributed by atoms with Crippen LogP contribution in [0.1, 0.15) is 48.1 Å². The van der Waals surface area contributed by atoms with Crippen LogP contribution in [0.2, 0.25) is 0 Å². The van der Waals surface area contributed by atoms with Crippen LogP contribution < -0.4 is 10.2 Å². The van der Waals surface area contributed by atoms with Gasteiger partial charge in [-0.15, -0.1) is 10.2 Å². The van der Waals surface area contributed by atoms with Gasteiger partial charge in [0, 0.05) is 57.5 Å². The maximum atomic E-state index is 13.5. The maximum Gasteiger partial charge on any atom is 0.416 e. The Balaban J connectivity index is 1.48. The van der Waals surface area contributed by atoms with E-state index in [1.165, 1.54) is 12.3 Å². The summed E-state index contributed by atoms with van der Waals surface area (Å²) < 4.78 is 53.7. The smallest absolute Gasteiger partial charge is 0.383 e. The van der Waals surface area contributed by atoms with Crippen molar-refractivity contribution in [3.8, 4) is 0 Å². The van der Waals surface area contributed by atoms with Gasteiger partial charge in [-0.1, -0.05) is 6.07 Å². The number of aromatic nitrogens is 2. The summed E-state index contributed by atoms with van der Waals surface area (Å²) in [5.41, 5.74) is 2.60. The molecule has 2 aliphatic rings. The highest BCUT2D eigenvalue weighted by Crippen LogP contribution is 2.35. The number of piperidine rings is 1. The van der Waals surface area contributed by atoms with Crippen molar-refractivity contribution < 1.29 is 17.6 Å². The highest BCUT2D eigenvalue weighted by Gasteiger charge is 2.35. The van der Waals surface area contributed by atoms with Crippen LogP contribution in [0.5, 0.6) is 0 Å². The summed E-state index contributed by atoms with van der Waals surface area (Å²) >= 11 is 0. The average molecular weight is 506 g/mol.